The van der Waals surface area contributed by atoms with Crippen molar-refractivity contribution in [3.63, 3.8) is 0 Å². The zero-order chi connectivity index (χ0) is 20.5. The van der Waals surface area contributed by atoms with Crippen LogP contribution in [0, 0.1) is 0 Å². The summed E-state index contributed by atoms with van der Waals surface area (Å²) < 4.78 is 30.6. The van der Waals surface area contributed by atoms with Crippen LogP contribution < -0.4 is 5.73 Å². The van der Waals surface area contributed by atoms with Crippen molar-refractivity contribution in [2.75, 3.05) is 12.8 Å². The number of rotatable bonds is 5. The number of phenolic OH excluding ortho intramolecular Hbond substituents is 1. The smallest absolute Gasteiger partial charge is 0.341 e. The number of carbonyl (C=O) groups is 1. The number of methoxy groups -OCH3 is 1. The molecule has 28 heavy (non-hydrogen) atoms. The van der Waals surface area contributed by atoms with Crippen LogP contribution in [0.15, 0.2) is 52.7 Å². The fourth-order valence-electron chi connectivity index (χ4n) is 2.64. The Kier molecular flexibility index (Phi) is 5.64. The van der Waals surface area contributed by atoms with Gasteiger partial charge >= 0.3 is 5.97 Å². The number of anilines is 1. The van der Waals surface area contributed by atoms with Gasteiger partial charge in [0.05, 0.1) is 12.9 Å². The third-order valence-electron chi connectivity index (χ3n) is 3.99. The van der Waals surface area contributed by atoms with E-state index in [4.69, 9.17) is 17.3 Å². The molecule has 0 unspecified atom stereocenters. The first kappa shape index (κ1) is 20.2. The predicted octanol–water partition coefficient (Wildman–Crippen LogP) is 4.12. The highest BCUT2D eigenvalue weighted by Crippen LogP contribution is 2.39. The van der Waals surface area contributed by atoms with Crippen LogP contribution in [0.3, 0.4) is 0 Å². The van der Waals surface area contributed by atoms with E-state index in [1.165, 1.54) is 31.4 Å². The zero-order valence-corrected chi connectivity index (χ0v) is 17.1. The Morgan fingerprint density at radius 1 is 1.21 bits per heavy atom. The summed E-state index contributed by atoms with van der Waals surface area (Å²) in [7, 11) is -2.52. The fourth-order valence-corrected chi connectivity index (χ4v) is 5.83. The van der Waals surface area contributed by atoms with E-state index in [0.29, 0.717) is 21.2 Å². The van der Waals surface area contributed by atoms with Crippen LogP contribution in [-0.4, -0.2) is 26.6 Å². The number of halogens is 1. The third-order valence-corrected chi connectivity index (χ3v) is 7.60. The first-order valence-corrected chi connectivity index (χ1v) is 10.8. The highest BCUT2D eigenvalue weighted by atomic mass is 35.5. The van der Waals surface area contributed by atoms with Crippen LogP contribution in [0.5, 0.6) is 5.75 Å². The van der Waals surface area contributed by atoms with Crippen LogP contribution >= 0.6 is 22.9 Å². The van der Waals surface area contributed by atoms with E-state index in [9.17, 15) is 18.3 Å². The molecule has 1 aromatic heterocycles. The maximum absolute atomic E-state index is 12.8. The van der Waals surface area contributed by atoms with Crippen molar-refractivity contribution in [1.29, 1.82) is 0 Å². The number of esters is 1. The zero-order valence-electron chi connectivity index (χ0n) is 14.7. The molecule has 0 saturated carbocycles. The minimum absolute atomic E-state index is 0.0354. The van der Waals surface area contributed by atoms with Gasteiger partial charge in [-0.15, -0.1) is 11.3 Å². The number of carbonyl (C=O) groups excluding carboxylic acids is 1. The minimum atomic E-state index is -3.71. The lowest BCUT2D eigenvalue weighted by molar-refractivity contribution is 0.0597. The van der Waals surface area contributed by atoms with Crippen LogP contribution in [0.25, 0.3) is 11.1 Å². The molecule has 0 fully saturated rings. The summed E-state index contributed by atoms with van der Waals surface area (Å²) in [6.45, 7) is 0. The summed E-state index contributed by atoms with van der Waals surface area (Å²) >= 11 is 7.22. The molecule has 1 heterocycles. The molecule has 0 amide bonds. The largest absolute Gasteiger partial charge is 0.507 e. The number of nitrogen functional groups attached to an aromatic ring is 1. The van der Waals surface area contributed by atoms with Crippen molar-refractivity contribution in [2.24, 2.45) is 0 Å². The summed E-state index contributed by atoms with van der Waals surface area (Å²) in [5.41, 5.74) is 7.94. The molecule has 0 aliphatic rings. The standard InChI is InChI=1S/C19H16ClNO5S2/c1-26-19(23)14-6-5-11(7-16(14)22)10-28(24,25)17-9-15(18(20)27-17)12-3-2-4-13(21)8-12/h2-9,22H,10,21H2,1H3. The van der Waals surface area contributed by atoms with Crippen molar-refractivity contribution in [1.82, 2.24) is 0 Å². The number of benzene rings is 2. The summed E-state index contributed by atoms with van der Waals surface area (Å²) in [5.74, 6) is -1.40. The highest BCUT2D eigenvalue weighted by Gasteiger charge is 2.22. The van der Waals surface area contributed by atoms with Gasteiger partial charge in [0, 0.05) is 11.3 Å². The molecule has 0 spiro atoms. The van der Waals surface area contributed by atoms with Crippen molar-refractivity contribution < 1.29 is 23.1 Å². The van der Waals surface area contributed by atoms with Gasteiger partial charge in [0.25, 0.3) is 0 Å². The Bertz CT molecular complexity index is 1150. The van der Waals surface area contributed by atoms with Crippen molar-refractivity contribution in [3.05, 3.63) is 64.0 Å². The predicted molar refractivity (Wildman–Crippen MR) is 110 cm³/mol. The Morgan fingerprint density at radius 3 is 2.61 bits per heavy atom. The molecule has 0 aliphatic carbocycles. The Balaban J connectivity index is 1.91. The van der Waals surface area contributed by atoms with Gasteiger partial charge < -0.3 is 15.6 Å². The van der Waals surface area contributed by atoms with Gasteiger partial charge in [-0.1, -0.05) is 29.8 Å². The number of nitrogens with two attached hydrogens (primary N) is 1. The number of hydrogen-bond donors (Lipinski definition) is 2. The Morgan fingerprint density at radius 2 is 1.96 bits per heavy atom. The summed E-state index contributed by atoms with van der Waals surface area (Å²) in [5, 5.41) is 9.96. The first-order valence-electron chi connectivity index (χ1n) is 7.99. The molecule has 3 N–H and O–H groups in total. The van der Waals surface area contributed by atoms with Gasteiger partial charge in [-0.05, 0) is 41.5 Å². The molecule has 3 rings (SSSR count). The summed E-state index contributed by atoms with van der Waals surface area (Å²) in [6.07, 6.45) is 0. The average molecular weight is 438 g/mol. The normalized spacial score (nSPS) is 11.4. The number of sulfone groups is 1. The molecule has 0 radical (unpaired) electrons. The SMILES string of the molecule is COC(=O)c1ccc(CS(=O)(=O)c2cc(-c3cccc(N)c3)c(Cl)s2)cc1O. The van der Waals surface area contributed by atoms with Crippen molar-refractivity contribution in [3.8, 4) is 16.9 Å². The summed E-state index contributed by atoms with van der Waals surface area (Å²) in [4.78, 5) is 11.5. The molecule has 6 nitrogen and oxygen atoms in total. The molecule has 9 heteroatoms. The van der Waals surface area contributed by atoms with E-state index >= 15 is 0 Å². The fraction of sp³-hybridized carbons (Fsp3) is 0.105. The van der Waals surface area contributed by atoms with Gasteiger partial charge in [-0.2, -0.15) is 0 Å². The first-order chi connectivity index (χ1) is 13.2. The van der Waals surface area contributed by atoms with Gasteiger partial charge in [0.2, 0.25) is 0 Å². The lowest BCUT2D eigenvalue weighted by Gasteiger charge is -2.06. The number of hydrogen-bond acceptors (Lipinski definition) is 7. The van der Waals surface area contributed by atoms with Gasteiger partial charge in [-0.25, -0.2) is 13.2 Å². The van der Waals surface area contributed by atoms with Crippen molar-refractivity contribution in [2.45, 2.75) is 9.96 Å². The number of thiophene rings is 1. The maximum atomic E-state index is 12.8. The van der Waals surface area contributed by atoms with Crippen molar-refractivity contribution >= 4 is 44.4 Å². The molecule has 146 valence electrons. The summed E-state index contributed by atoms with van der Waals surface area (Å²) in [6, 6.07) is 12.5. The molecule has 3 aromatic rings. The third kappa shape index (κ3) is 4.14. The molecular weight excluding hydrogens is 422 g/mol. The molecule has 0 aliphatic heterocycles. The van der Waals surface area contributed by atoms with Gasteiger partial charge in [-0.3, -0.25) is 0 Å². The average Bonchev–Trinajstić information content (AvgIpc) is 3.04. The molecule has 0 saturated heterocycles. The van der Waals surface area contributed by atoms with E-state index < -0.39 is 15.8 Å². The lowest BCUT2D eigenvalue weighted by Crippen LogP contribution is -2.05. The number of aromatic hydroxyl groups is 1. The molecule has 2 aromatic carbocycles. The molecule has 0 bridgehead atoms. The number of ether oxygens (including phenoxy) is 1. The van der Waals surface area contributed by atoms with E-state index in [1.807, 2.05) is 0 Å². The topological polar surface area (TPSA) is 107 Å². The second kappa shape index (κ2) is 7.83. The van der Waals surface area contributed by atoms with E-state index in [2.05, 4.69) is 4.74 Å². The molecule has 0 atom stereocenters. The van der Waals surface area contributed by atoms with E-state index in [0.717, 1.165) is 16.9 Å². The van der Waals surface area contributed by atoms with E-state index in [-0.39, 0.29) is 21.3 Å². The minimum Gasteiger partial charge on any atom is -0.507 e. The highest BCUT2D eigenvalue weighted by molar-refractivity contribution is 7.92. The van der Waals surface area contributed by atoms with Crippen LogP contribution in [0.2, 0.25) is 4.34 Å². The monoisotopic (exact) mass is 437 g/mol. The van der Waals surface area contributed by atoms with Crippen LogP contribution in [0.4, 0.5) is 5.69 Å². The van der Waals surface area contributed by atoms with Gasteiger partial charge in [0.15, 0.2) is 9.84 Å². The molecular formula is C19H16ClNO5S2. The van der Waals surface area contributed by atoms with E-state index in [1.54, 1.807) is 24.3 Å². The van der Waals surface area contributed by atoms with Crippen LogP contribution in [-0.2, 0) is 20.3 Å². The Labute approximate surface area is 171 Å². The Hall–Kier alpha value is -2.55. The second-order valence-corrected chi connectivity index (χ2v) is 9.85. The number of phenols is 1. The lowest BCUT2D eigenvalue weighted by atomic mass is 10.1. The maximum Gasteiger partial charge on any atom is 0.341 e. The van der Waals surface area contributed by atoms with Crippen LogP contribution in [0.1, 0.15) is 15.9 Å². The van der Waals surface area contributed by atoms with Gasteiger partial charge in [0.1, 0.15) is 19.9 Å². The quantitative estimate of drug-likeness (QED) is 0.459. The second-order valence-electron chi connectivity index (χ2n) is 5.98.